The maximum Gasteiger partial charge on any atom is 0.207 e. The minimum absolute atomic E-state index is 0.437. The Morgan fingerprint density at radius 3 is 2.62 bits per heavy atom. The number of nitrogens with one attached hydrogen (secondary N) is 1. The monoisotopic (exact) mass is 225 g/mol. The highest BCUT2D eigenvalue weighted by molar-refractivity contribution is 5.46. The van der Waals surface area contributed by atoms with Gasteiger partial charge < -0.3 is 5.32 Å². The van der Waals surface area contributed by atoms with Crippen LogP contribution in [0.5, 0.6) is 0 Å². The van der Waals surface area contributed by atoms with Gasteiger partial charge in [-0.05, 0) is 18.8 Å². The molecule has 2 heteroatoms. The predicted octanol–water partition coefficient (Wildman–Crippen LogP) is 3.65. The van der Waals surface area contributed by atoms with Crippen LogP contribution in [-0.2, 0) is 4.79 Å². The lowest BCUT2D eigenvalue weighted by Crippen LogP contribution is -2.30. The van der Waals surface area contributed by atoms with Gasteiger partial charge in [0.25, 0.3) is 0 Å². The van der Waals surface area contributed by atoms with Gasteiger partial charge in [0.1, 0.15) is 0 Å². The molecule has 1 rings (SSSR count). The Balaban J connectivity index is 2.22. The van der Waals surface area contributed by atoms with E-state index in [0.29, 0.717) is 6.04 Å². The Morgan fingerprint density at radius 1 is 1.25 bits per heavy atom. The van der Waals surface area contributed by atoms with E-state index < -0.39 is 0 Å². The largest absolute Gasteiger partial charge is 0.356 e. The average molecular weight is 225 g/mol. The molecule has 0 aromatic heterocycles. The van der Waals surface area contributed by atoms with Crippen LogP contribution in [0, 0.1) is 5.92 Å². The van der Waals surface area contributed by atoms with E-state index in [0.717, 1.165) is 12.3 Å². The third kappa shape index (κ3) is 5.53. The fourth-order valence-corrected chi connectivity index (χ4v) is 2.83. The molecular weight excluding hydrogens is 198 g/mol. The normalized spacial score (nSPS) is 19.3. The van der Waals surface area contributed by atoms with Gasteiger partial charge in [-0.3, -0.25) is 4.79 Å². The van der Waals surface area contributed by atoms with Crippen molar-refractivity contribution in [2.45, 2.75) is 77.2 Å². The molecule has 1 aliphatic carbocycles. The average Bonchev–Trinajstić information content (AvgIpc) is 2.31. The molecule has 1 atom stereocenters. The van der Waals surface area contributed by atoms with Crippen LogP contribution in [0.1, 0.15) is 71.1 Å². The molecule has 0 spiro atoms. The Labute approximate surface area is 100 Å². The van der Waals surface area contributed by atoms with Gasteiger partial charge >= 0.3 is 0 Å². The van der Waals surface area contributed by atoms with E-state index in [2.05, 4.69) is 12.2 Å². The lowest BCUT2D eigenvalue weighted by atomic mass is 9.84. The number of carbonyl (C=O) groups excluding carboxylic acids is 1. The van der Waals surface area contributed by atoms with Gasteiger partial charge in [-0.1, -0.05) is 58.3 Å². The van der Waals surface area contributed by atoms with Gasteiger partial charge in [0.15, 0.2) is 0 Å². The molecule has 1 amide bonds. The van der Waals surface area contributed by atoms with E-state index in [9.17, 15) is 4.79 Å². The van der Waals surface area contributed by atoms with Crippen LogP contribution in [-0.4, -0.2) is 12.5 Å². The quantitative estimate of drug-likeness (QED) is 0.496. The molecule has 1 aliphatic rings. The molecule has 0 aromatic carbocycles. The van der Waals surface area contributed by atoms with Crippen molar-refractivity contribution in [2.24, 2.45) is 5.92 Å². The van der Waals surface area contributed by atoms with Gasteiger partial charge in [0.05, 0.1) is 0 Å². The van der Waals surface area contributed by atoms with E-state index in [1.807, 2.05) is 0 Å². The van der Waals surface area contributed by atoms with Crippen molar-refractivity contribution in [1.82, 2.24) is 5.32 Å². The maximum atomic E-state index is 10.6. The van der Waals surface area contributed by atoms with Crippen LogP contribution >= 0.6 is 0 Å². The van der Waals surface area contributed by atoms with Crippen LogP contribution in [0.25, 0.3) is 0 Å². The van der Waals surface area contributed by atoms with E-state index >= 15 is 0 Å². The van der Waals surface area contributed by atoms with Crippen LogP contribution in [0.3, 0.4) is 0 Å². The third-order valence-electron chi connectivity index (χ3n) is 3.80. The molecule has 1 unspecified atom stereocenters. The highest BCUT2D eigenvalue weighted by Gasteiger charge is 2.18. The van der Waals surface area contributed by atoms with E-state index in [1.54, 1.807) is 0 Å². The van der Waals surface area contributed by atoms with E-state index in [1.165, 1.54) is 64.2 Å². The summed E-state index contributed by atoms with van der Waals surface area (Å²) in [4.78, 5) is 10.6. The third-order valence-corrected chi connectivity index (χ3v) is 3.80. The first-order chi connectivity index (χ1) is 7.86. The summed E-state index contributed by atoms with van der Waals surface area (Å²) in [6, 6.07) is 0.437. The zero-order valence-electron chi connectivity index (χ0n) is 10.7. The fourth-order valence-electron chi connectivity index (χ4n) is 2.83. The molecule has 1 N–H and O–H groups in total. The molecular formula is C14H27NO. The summed E-state index contributed by atoms with van der Waals surface area (Å²) in [5, 5.41) is 3.01. The summed E-state index contributed by atoms with van der Waals surface area (Å²) in [5.41, 5.74) is 0. The molecule has 2 nitrogen and oxygen atoms in total. The Bertz CT molecular complexity index is 176. The Morgan fingerprint density at radius 2 is 2.00 bits per heavy atom. The number of rotatable bonds is 8. The summed E-state index contributed by atoms with van der Waals surface area (Å²) >= 11 is 0. The Hall–Kier alpha value is -0.530. The van der Waals surface area contributed by atoms with Crippen LogP contribution in [0.2, 0.25) is 0 Å². The van der Waals surface area contributed by atoms with Gasteiger partial charge in [0, 0.05) is 6.04 Å². The van der Waals surface area contributed by atoms with Gasteiger partial charge in [-0.2, -0.15) is 0 Å². The molecule has 0 bridgehead atoms. The van der Waals surface area contributed by atoms with Crippen molar-refractivity contribution < 1.29 is 4.79 Å². The van der Waals surface area contributed by atoms with Gasteiger partial charge in [-0.25, -0.2) is 0 Å². The molecule has 0 saturated heterocycles. The highest BCUT2D eigenvalue weighted by Crippen LogP contribution is 2.28. The number of hydrogen-bond donors (Lipinski definition) is 1. The van der Waals surface area contributed by atoms with Gasteiger partial charge in [0.2, 0.25) is 6.41 Å². The lowest BCUT2D eigenvalue weighted by Gasteiger charge is -2.26. The molecule has 0 radical (unpaired) electrons. The van der Waals surface area contributed by atoms with E-state index in [4.69, 9.17) is 0 Å². The minimum Gasteiger partial charge on any atom is -0.356 e. The molecule has 0 aromatic rings. The van der Waals surface area contributed by atoms with Crippen molar-refractivity contribution in [1.29, 1.82) is 0 Å². The molecule has 0 heterocycles. The first kappa shape index (κ1) is 13.5. The van der Waals surface area contributed by atoms with Crippen molar-refractivity contribution in [3.63, 3.8) is 0 Å². The number of unbranched alkanes of at least 4 members (excludes halogenated alkanes) is 2. The standard InChI is InChI=1S/C14H27NO/c1-2-3-5-10-14(15-12-16)11-13-8-6-4-7-9-13/h12-14H,2-11H2,1H3,(H,15,16). The Kier molecular flexibility index (Phi) is 7.28. The topological polar surface area (TPSA) is 29.1 Å². The highest BCUT2D eigenvalue weighted by atomic mass is 16.1. The molecule has 0 aliphatic heterocycles. The summed E-state index contributed by atoms with van der Waals surface area (Å²) in [5.74, 6) is 0.868. The van der Waals surface area contributed by atoms with Crippen molar-refractivity contribution >= 4 is 6.41 Å². The smallest absolute Gasteiger partial charge is 0.207 e. The summed E-state index contributed by atoms with van der Waals surface area (Å²) < 4.78 is 0. The first-order valence-electron chi connectivity index (χ1n) is 7.06. The molecule has 94 valence electrons. The zero-order valence-corrected chi connectivity index (χ0v) is 10.7. The minimum atomic E-state index is 0.437. The second-order valence-electron chi connectivity index (χ2n) is 5.22. The van der Waals surface area contributed by atoms with Crippen molar-refractivity contribution in [3.8, 4) is 0 Å². The summed E-state index contributed by atoms with van der Waals surface area (Å²) in [7, 11) is 0. The first-order valence-corrected chi connectivity index (χ1v) is 7.06. The summed E-state index contributed by atoms with van der Waals surface area (Å²) in [6.07, 6.45) is 14.0. The number of carbonyl (C=O) groups is 1. The predicted molar refractivity (Wildman–Crippen MR) is 68.3 cm³/mol. The van der Waals surface area contributed by atoms with Crippen LogP contribution in [0.15, 0.2) is 0 Å². The van der Waals surface area contributed by atoms with Gasteiger partial charge in [-0.15, -0.1) is 0 Å². The van der Waals surface area contributed by atoms with Crippen LogP contribution < -0.4 is 5.32 Å². The summed E-state index contributed by atoms with van der Waals surface area (Å²) in [6.45, 7) is 2.23. The zero-order chi connectivity index (χ0) is 11.6. The number of amides is 1. The molecule has 1 fully saturated rings. The van der Waals surface area contributed by atoms with Crippen molar-refractivity contribution in [3.05, 3.63) is 0 Å². The second-order valence-corrected chi connectivity index (χ2v) is 5.22. The lowest BCUT2D eigenvalue weighted by molar-refractivity contribution is -0.110. The maximum absolute atomic E-state index is 10.6. The van der Waals surface area contributed by atoms with Crippen LogP contribution in [0.4, 0.5) is 0 Å². The molecule has 1 saturated carbocycles. The van der Waals surface area contributed by atoms with E-state index in [-0.39, 0.29) is 0 Å². The number of hydrogen-bond acceptors (Lipinski definition) is 1. The fraction of sp³-hybridized carbons (Fsp3) is 0.929. The SMILES string of the molecule is CCCCCC(CC1CCCCC1)NC=O. The second kappa shape index (κ2) is 8.60. The molecule has 16 heavy (non-hydrogen) atoms. The van der Waals surface area contributed by atoms with Crippen molar-refractivity contribution in [2.75, 3.05) is 0 Å².